The van der Waals surface area contributed by atoms with Crippen LogP contribution >= 0.6 is 0 Å². The summed E-state index contributed by atoms with van der Waals surface area (Å²) in [7, 11) is 0. The minimum Gasteiger partial charge on any atom is -0.316 e. The van der Waals surface area contributed by atoms with Crippen molar-refractivity contribution in [2.45, 2.75) is 31.1 Å². The Morgan fingerprint density at radius 2 is 2.20 bits per heavy atom. The second kappa shape index (κ2) is 3.31. The lowest BCUT2D eigenvalue weighted by molar-refractivity contribution is 0.311. The van der Waals surface area contributed by atoms with E-state index in [1.54, 1.807) is 6.07 Å². The number of benzene rings is 1. The first-order chi connectivity index (χ1) is 7.32. The van der Waals surface area contributed by atoms with E-state index in [1.807, 2.05) is 6.07 Å². The van der Waals surface area contributed by atoms with E-state index in [4.69, 9.17) is 0 Å². The molecule has 1 aliphatic carbocycles. The summed E-state index contributed by atoms with van der Waals surface area (Å²) in [6.45, 7) is 2.15. The summed E-state index contributed by atoms with van der Waals surface area (Å²) >= 11 is 0. The number of halogens is 1. The van der Waals surface area contributed by atoms with Crippen LogP contribution in [0.1, 0.15) is 30.4 Å². The Bertz CT molecular complexity index is 380. The summed E-state index contributed by atoms with van der Waals surface area (Å²) in [5.74, 6) is -0.00468. The van der Waals surface area contributed by atoms with Crippen molar-refractivity contribution in [3.8, 4) is 0 Å². The van der Waals surface area contributed by atoms with Crippen LogP contribution < -0.4 is 5.32 Å². The molecule has 1 aliphatic heterocycles. The predicted molar refractivity (Wildman–Crippen MR) is 58.5 cm³/mol. The standard InChI is InChI=1S/C13H16FN/c14-12-4-1-3-11-10(12)5-7-13(11)6-2-8-15-9-13/h1,3-4,15H,2,5-9H2. The molecule has 1 spiro atoms. The molecule has 0 bridgehead atoms. The van der Waals surface area contributed by atoms with Crippen LogP contribution in [-0.4, -0.2) is 13.1 Å². The summed E-state index contributed by atoms with van der Waals surface area (Å²) in [5, 5.41) is 3.46. The molecule has 1 N–H and O–H groups in total. The minimum atomic E-state index is -0.00468. The Hall–Kier alpha value is -0.890. The van der Waals surface area contributed by atoms with Gasteiger partial charge in [-0.25, -0.2) is 4.39 Å². The zero-order valence-electron chi connectivity index (χ0n) is 8.85. The van der Waals surface area contributed by atoms with Crippen LogP contribution in [-0.2, 0) is 11.8 Å². The number of fused-ring (bicyclic) bond motifs is 2. The fraction of sp³-hybridized carbons (Fsp3) is 0.538. The van der Waals surface area contributed by atoms with E-state index in [2.05, 4.69) is 11.4 Å². The highest BCUT2D eigenvalue weighted by Gasteiger charge is 2.40. The molecule has 15 heavy (non-hydrogen) atoms. The van der Waals surface area contributed by atoms with Gasteiger partial charge in [0.05, 0.1) is 0 Å². The van der Waals surface area contributed by atoms with E-state index in [0.29, 0.717) is 0 Å². The van der Waals surface area contributed by atoms with Crippen molar-refractivity contribution in [2.24, 2.45) is 0 Å². The Morgan fingerprint density at radius 1 is 1.27 bits per heavy atom. The van der Waals surface area contributed by atoms with Gasteiger partial charge in [0.25, 0.3) is 0 Å². The maximum atomic E-state index is 13.6. The molecule has 1 unspecified atom stereocenters. The molecule has 1 heterocycles. The fourth-order valence-electron chi connectivity index (χ4n) is 3.22. The van der Waals surface area contributed by atoms with Crippen molar-refractivity contribution >= 4 is 0 Å². The first kappa shape index (κ1) is 9.34. The van der Waals surface area contributed by atoms with Crippen molar-refractivity contribution in [1.29, 1.82) is 0 Å². The smallest absolute Gasteiger partial charge is 0.126 e. The Kier molecular flexibility index (Phi) is 2.06. The molecular weight excluding hydrogens is 189 g/mol. The van der Waals surface area contributed by atoms with Crippen LogP contribution in [0.25, 0.3) is 0 Å². The first-order valence-electron chi connectivity index (χ1n) is 5.80. The molecule has 0 aromatic heterocycles. The summed E-state index contributed by atoms with van der Waals surface area (Å²) in [6.07, 6.45) is 4.48. The molecule has 0 saturated carbocycles. The van der Waals surface area contributed by atoms with Gasteiger partial charge in [0.2, 0.25) is 0 Å². The van der Waals surface area contributed by atoms with E-state index < -0.39 is 0 Å². The second-order valence-corrected chi connectivity index (χ2v) is 4.83. The van der Waals surface area contributed by atoms with Gasteiger partial charge in [-0.3, -0.25) is 0 Å². The van der Waals surface area contributed by atoms with Gasteiger partial charge in [-0.05, 0) is 49.4 Å². The molecule has 1 nitrogen and oxygen atoms in total. The Balaban J connectivity index is 2.06. The average molecular weight is 205 g/mol. The van der Waals surface area contributed by atoms with Gasteiger partial charge < -0.3 is 5.32 Å². The van der Waals surface area contributed by atoms with E-state index >= 15 is 0 Å². The van der Waals surface area contributed by atoms with Gasteiger partial charge in [0.15, 0.2) is 0 Å². The zero-order valence-corrected chi connectivity index (χ0v) is 8.85. The third-order valence-corrected chi connectivity index (χ3v) is 4.02. The maximum Gasteiger partial charge on any atom is 0.126 e. The highest BCUT2D eigenvalue weighted by Crippen LogP contribution is 2.43. The molecular formula is C13H16FN. The molecule has 0 radical (unpaired) electrons. The lowest BCUT2D eigenvalue weighted by Crippen LogP contribution is -2.41. The quantitative estimate of drug-likeness (QED) is 0.685. The molecule has 80 valence electrons. The van der Waals surface area contributed by atoms with Crippen molar-refractivity contribution in [3.05, 3.63) is 35.1 Å². The van der Waals surface area contributed by atoms with Crippen LogP contribution in [0.4, 0.5) is 4.39 Å². The maximum absolute atomic E-state index is 13.6. The Morgan fingerprint density at radius 3 is 3.00 bits per heavy atom. The summed E-state index contributed by atoms with van der Waals surface area (Å²) in [4.78, 5) is 0. The minimum absolute atomic E-state index is 0.00468. The average Bonchev–Trinajstić information content (AvgIpc) is 2.61. The fourth-order valence-corrected chi connectivity index (χ4v) is 3.22. The van der Waals surface area contributed by atoms with Crippen molar-refractivity contribution in [2.75, 3.05) is 13.1 Å². The van der Waals surface area contributed by atoms with Crippen LogP contribution in [0.15, 0.2) is 18.2 Å². The van der Waals surface area contributed by atoms with Crippen molar-refractivity contribution in [1.82, 2.24) is 5.32 Å². The van der Waals surface area contributed by atoms with E-state index in [-0.39, 0.29) is 11.2 Å². The van der Waals surface area contributed by atoms with Gasteiger partial charge in [-0.15, -0.1) is 0 Å². The third-order valence-electron chi connectivity index (χ3n) is 4.02. The largest absolute Gasteiger partial charge is 0.316 e. The lowest BCUT2D eigenvalue weighted by atomic mass is 9.76. The van der Waals surface area contributed by atoms with Crippen molar-refractivity contribution in [3.63, 3.8) is 0 Å². The van der Waals surface area contributed by atoms with Gasteiger partial charge in [-0.1, -0.05) is 12.1 Å². The molecule has 3 rings (SSSR count). The van der Waals surface area contributed by atoms with Gasteiger partial charge in [-0.2, -0.15) is 0 Å². The normalized spacial score (nSPS) is 29.4. The number of hydrogen-bond donors (Lipinski definition) is 1. The molecule has 2 aliphatic rings. The summed E-state index contributed by atoms with van der Waals surface area (Å²) in [6, 6.07) is 5.57. The summed E-state index contributed by atoms with van der Waals surface area (Å²) < 4.78 is 13.6. The van der Waals surface area contributed by atoms with Gasteiger partial charge in [0, 0.05) is 12.0 Å². The Labute approximate surface area is 89.7 Å². The third kappa shape index (κ3) is 1.31. The van der Waals surface area contributed by atoms with Gasteiger partial charge >= 0.3 is 0 Å². The highest BCUT2D eigenvalue weighted by atomic mass is 19.1. The molecule has 1 fully saturated rings. The van der Waals surface area contributed by atoms with E-state index in [0.717, 1.165) is 31.5 Å². The molecule has 0 amide bonds. The SMILES string of the molecule is Fc1cccc2c1CCC21CCCNC1. The monoisotopic (exact) mass is 205 g/mol. The molecule has 2 heteroatoms. The molecule has 1 aromatic rings. The predicted octanol–water partition coefficient (Wildman–Crippen LogP) is 2.39. The van der Waals surface area contributed by atoms with E-state index in [1.165, 1.54) is 18.4 Å². The topological polar surface area (TPSA) is 12.0 Å². The van der Waals surface area contributed by atoms with Crippen LogP contribution in [0.3, 0.4) is 0 Å². The number of rotatable bonds is 0. The number of nitrogens with one attached hydrogen (secondary N) is 1. The first-order valence-corrected chi connectivity index (χ1v) is 5.80. The molecule has 1 aromatic carbocycles. The van der Waals surface area contributed by atoms with Crippen LogP contribution in [0.2, 0.25) is 0 Å². The lowest BCUT2D eigenvalue weighted by Gasteiger charge is -2.35. The summed E-state index contributed by atoms with van der Waals surface area (Å²) in [5.41, 5.74) is 2.49. The second-order valence-electron chi connectivity index (χ2n) is 4.83. The molecule has 1 saturated heterocycles. The highest BCUT2D eigenvalue weighted by molar-refractivity contribution is 5.41. The van der Waals surface area contributed by atoms with Gasteiger partial charge in [0.1, 0.15) is 5.82 Å². The number of hydrogen-bond acceptors (Lipinski definition) is 1. The molecule has 1 atom stereocenters. The van der Waals surface area contributed by atoms with Crippen molar-refractivity contribution < 1.29 is 4.39 Å². The number of piperidine rings is 1. The van der Waals surface area contributed by atoms with Crippen LogP contribution in [0.5, 0.6) is 0 Å². The zero-order chi connectivity index (χ0) is 10.3. The van der Waals surface area contributed by atoms with E-state index in [9.17, 15) is 4.39 Å². The van der Waals surface area contributed by atoms with Crippen LogP contribution in [0, 0.1) is 5.82 Å².